The Balaban J connectivity index is 1.31. The van der Waals surface area contributed by atoms with Gasteiger partial charge in [-0.1, -0.05) is 60.2 Å². The highest BCUT2D eigenvalue weighted by atomic mass is 19.3. The average Bonchev–Trinajstić information content (AvgIpc) is 3.23. The molecule has 3 atom stereocenters. The zero-order valence-electron chi connectivity index (χ0n) is 19.6. The van der Waals surface area contributed by atoms with E-state index in [4.69, 9.17) is 0 Å². The van der Waals surface area contributed by atoms with Crippen molar-refractivity contribution < 1.29 is 13.6 Å². The zero-order chi connectivity index (χ0) is 23.9. The van der Waals surface area contributed by atoms with Gasteiger partial charge in [0, 0.05) is 13.1 Å². The summed E-state index contributed by atoms with van der Waals surface area (Å²) in [7, 11) is 0. The lowest BCUT2D eigenvalue weighted by atomic mass is 9.89. The van der Waals surface area contributed by atoms with Crippen LogP contribution in [-0.2, 0) is 11.0 Å². The molecular formula is C27H28F2N4O. The molecule has 7 heteroatoms. The fourth-order valence-electron chi connectivity index (χ4n) is 6.06. The molecule has 1 saturated heterocycles. The van der Waals surface area contributed by atoms with E-state index < -0.39 is 17.3 Å². The first kappa shape index (κ1) is 21.3. The molecule has 1 aromatic heterocycles. The Morgan fingerprint density at radius 2 is 1.79 bits per heavy atom. The van der Waals surface area contributed by atoms with E-state index in [1.54, 1.807) is 23.2 Å². The first-order valence-electron chi connectivity index (χ1n) is 11.8. The Hall–Kier alpha value is -3.22. The number of aryl methyl sites for hydroxylation is 1. The van der Waals surface area contributed by atoms with Crippen molar-refractivity contribution in [2.24, 2.45) is 5.92 Å². The van der Waals surface area contributed by atoms with Gasteiger partial charge in [-0.2, -0.15) is 5.10 Å². The minimum atomic E-state index is -2.80. The SMILES string of the molecule is Cc1ccc(C23CN(C(=O)c4cnn5c4N[C@@H](c4ccccc4)CC5(C)C)CC2C3(F)F)cc1. The van der Waals surface area contributed by atoms with Crippen LogP contribution in [0.25, 0.3) is 0 Å². The normalized spacial score (nSPS) is 28.1. The summed E-state index contributed by atoms with van der Waals surface area (Å²) in [6, 6.07) is 17.5. The van der Waals surface area contributed by atoms with Crippen molar-refractivity contribution in [3.05, 3.63) is 83.0 Å². The maximum Gasteiger partial charge on any atom is 0.265 e. The Labute approximate surface area is 197 Å². The van der Waals surface area contributed by atoms with Gasteiger partial charge in [0.05, 0.1) is 29.1 Å². The van der Waals surface area contributed by atoms with E-state index >= 15 is 0 Å². The van der Waals surface area contributed by atoms with Gasteiger partial charge in [0.25, 0.3) is 11.8 Å². The van der Waals surface area contributed by atoms with Gasteiger partial charge in [-0.15, -0.1) is 0 Å². The van der Waals surface area contributed by atoms with Crippen LogP contribution >= 0.6 is 0 Å². The molecule has 1 N–H and O–H groups in total. The fourth-order valence-corrected chi connectivity index (χ4v) is 6.06. The van der Waals surface area contributed by atoms with Gasteiger partial charge in [0.15, 0.2) is 0 Å². The maximum absolute atomic E-state index is 14.9. The summed E-state index contributed by atoms with van der Waals surface area (Å²) in [5.74, 6) is -3.23. The highest BCUT2D eigenvalue weighted by Gasteiger charge is 2.84. The molecule has 2 unspecified atom stereocenters. The standard InChI is InChI=1S/C27H28F2N4O/c1-17-9-11-19(12-10-17)26-16-32(15-22(26)27(26,28)29)24(34)20-14-30-33-23(20)31-21(13-25(33,2)3)18-7-5-4-6-8-18/h4-12,14,21-22,31H,13,15-16H2,1-3H3/t21-,22?,26?/m1/s1. The maximum atomic E-state index is 14.9. The average molecular weight is 463 g/mol. The number of carbonyl (C=O) groups excluding carboxylic acids is 1. The van der Waals surface area contributed by atoms with Crippen LogP contribution in [0.2, 0.25) is 0 Å². The molecule has 1 aliphatic carbocycles. The van der Waals surface area contributed by atoms with Crippen molar-refractivity contribution in [1.82, 2.24) is 14.7 Å². The predicted octanol–water partition coefficient (Wildman–Crippen LogP) is 5.14. The highest BCUT2D eigenvalue weighted by molar-refractivity contribution is 5.99. The quantitative estimate of drug-likeness (QED) is 0.586. The lowest BCUT2D eigenvalue weighted by Crippen LogP contribution is -2.40. The molecule has 3 heterocycles. The number of piperidine rings is 1. The third-order valence-corrected chi connectivity index (χ3v) is 8.03. The van der Waals surface area contributed by atoms with Gasteiger partial charge in [-0.3, -0.25) is 4.79 Å². The van der Waals surface area contributed by atoms with Gasteiger partial charge < -0.3 is 10.2 Å². The van der Waals surface area contributed by atoms with Crippen LogP contribution in [0.15, 0.2) is 60.8 Å². The number of likely N-dealkylation sites (tertiary alicyclic amines) is 1. The van der Waals surface area contributed by atoms with E-state index in [1.165, 1.54) is 0 Å². The number of carbonyl (C=O) groups is 1. The van der Waals surface area contributed by atoms with Crippen molar-refractivity contribution in [2.75, 3.05) is 18.4 Å². The molecular weight excluding hydrogens is 434 g/mol. The second kappa shape index (κ2) is 6.90. The molecule has 176 valence electrons. The summed E-state index contributed by atoms with van der Waals surface area (Å²) in [5.41, 5.74) is 1.63. The number of alkyl halides is 2. The van der Waals surface area contributed by atoms with Crippen molar-refractivity contribution >= 4 is 11.7 Å². The van der Waals surface area contributed by atoms with Crippen LogP contribution in [0.5, 0.6) is 0 Å². The van der Waals surface area contributed by atoms with Crippen molar-refractivity contribution in [3.63, 3.8) is 0 Å². The number of rotatable bonds is 3. The second-order valence-electron chi connectivity index (χ2n) is 10.6. The number of nitrogens with zero attached hydrogens (tertiary/aromatic N) is 3. The Kier molecular flexibility index (Phi) is 4.33. The van der Waals surface area contributed by atoms with Crippen LogP contribution in [-0.4, -0.2) is 39.6 Å². The highest BCUT2D eigenvalue weighted by Crippen LogP contribution is 2.70. The van der Waals surface area contributed by atoms with Crippen LogP contribution in [0.3, 0.4) is 0 Å². The first-order chi connectivity index (χ1) is 16.1. The molecule has 0 spiro atoms. The molecule has 3 aromatic rings. The molecule has 2 fully saturated rings. The zero-order valence-corrected chi connectivity index (χ0v) is 19.6. The van der Waals surface area contributed by atoms with Crippen molar-refractivity contribution in [2.45, 2.75) is 50.1 Å². The van der Waals surface area contributed by atoms with Gasteiger partial charge >= 0.3 is 0 Å². The summed E-state index contributed by atoms with van der Waals surface area (Å²) in [6.07, 6.45) is 2.40. The van der Waals surface area contributed by atoms with Gasteiger partial charge in [-0.05, 0) is 38.3 Å². The first-order valence-corrected chi connectivity index (χ1v) is 11.8. The molecule has 34 heavy (non-hydrogen) atoms. The summed E-state index contributed by atoms with van der Waals surface area (Å²) in [5, 5.41) is 8.05. The number of hydrogen-bond donors (Lipinski definition) is 1. The fraction of sp³-hybridized carbons (Fsp3) is 0.407. The monoisotopic (exact) mass is 462 g/mol. The lowest BCUT2D eigenvalue weighted by Gasteiger charge is -2.38. The van der Waals surface area contributed by atoms with Crippen molar-refractivity contribution in [1.29, 1.82) is 0 Å². The Bertz CT molecular complexity index is 1270. The molecule has 6 rings (SSSR count). The largest absolute Gasteiger partial charge is 0.363 e. The number of anilines is 1. The van der Waals surface area contributed by atoms with E-state index in [-0.39, 0.29) is 30.6 Å². The van der Waals surface area contributed by atoms with E-state index in [0.717, 1.165) is 17.5 Å². The van der Waals surface area contributed by atoms with E-state index in [9.17, 15) is 13.6 Å². The van der Waals surface area contributed by atoms with E-state index in [0.29, 0.717) is 16.9 Å². The smallest absolute Gasteiger partial charge is 0.265 e. The van der Waals surface area contributed by atoms with Crippen LogP contribution in [0, 0.1) is 12.8 Å². The second-order valence-corrected chi connectivity index (χ2v) is 10.6. The molecule has 3 aliphatic rings. The molecule has 2 aromatic carbocycles. The van der Waals surface area contributed by atoms with E-state index in [1.807, 2.05) is 41.9 Å². The Morgan fingerprint density at radius 1 is 1.09 bits per heavy atom. The minimum absolute atomic E-state index is 0.0166. The third kappa shape index (κ3) is 2.82. The number of benzene rings is 2. The summed E-state index contributed by atoms with van der Waals surface area (Å²) < 4.78 is 31.7. The van der Waals surface area contributed by atoms with Crippen LogP contribution in [0.4, 0.5) is 14.6 Å². The molecule has 2 aliphatic heterocycles. The number of aromatic nitrogens is 2. The minimum Gasteiger partial charge on any atom is -0.363 e. The lowest BCUT2D eigenvalue weighted by molar-refractivity contribution is 0.0394. The molecule has 0 bridgehead atoms. The van der Waals surface area contributed by atoms with Gasteiger partial charge in [-0.25, -0.2) is 13.5 Å². The van der Waals surface area contributed by atoms with Gasteiger partial charge in [0.1, 0.15) is 11.4 Å². The predicted molar refractivity (Wildman–Crippen MR) is 126 cm³/mol. The number of amides is 1. The van der Waals surface area contributed by atoms with Crippen molar-refractivity contribution in [3.8, 4) is 0 Å². The summed E-state index contributed by atoms with van der Waals surface area (Å²) in [6.45, 7) is 6.21. The molecule has 5 nitrogen and oxygen atoms in total. The molecule has 1 amide bonds. The topological polar surface area (TPSA) is 50.2 Å². The van der Waals surface area contributed by atoms with Gasteiger partial charge in [0.2, 0.25) is 0 Å². The summed E-state index contributed by atoms with van der Waals surface area (Å²) in [4.78, 5) is 15.2. The number of hydrogen-bond acceptors (Lipinski definition) is 3. The molecule has 0 radical (unpaired) electrons. The number of fused-ring (bicyclic) bond motifs is 2. The third-order valence-electron chi connectivity index (χ3n) is 8.03. The van der Waals surface area contributed by atoms with Crippen LogP contribution in [0.1, 0.15) is 53.4 Å². The Morgan fingerprint density at radius 3 is 2.50 bits per heavy atom. The van der Waals surface area contributed by atoms with Crippen LogP contribution < -0.4 is 5.32 Å². The van der Waals surface area contributed by atoms with E-state index in [2.05, 4.69) is 36.4 Å². The number of halogens is 2. The molecule has 1 saturated carbocycles. The summed E-state index contributed by atoms with van der Waals surface area (Å²) >= 11 is 0. The number of nitrogens with one attached hydrogen (secondary N) is 1.